The molecule has 4 rings (SSSR count). The highest BCUT2D eigenvalue weighted by Crippen LogP contribution is 2.39. The average molecular weight is 460 g/mol. The van der Waals surface area contributed by atoms with E-state index in [0.717, 1.165) is 5.69 Å². The Morgan fingerprint density at radius 2 is 2.16 bits per heavy atom. The lowest BCUT2D eigenvalue weighted by molar-refractivity contribution is -0.129. The van der Waals surface area contributed by atoms with Crippen LogP contribution in [0.15, 0.2) is 30.5 Å². The first-order valence-electron chi connectivity index (χ1n) is 10.3. The Labute approximate surface area is 188 Å². The van der Waals surface area contributed by atoms with Gasteiger partial charge < -0.3 is 15.1 Å². The molecule has 1 atom stereocenters. The lowest BCUT2D eigenvalue weighted by Gasteiger charge is -2.49. The van der Waals surface area contributed by atoms with Crippen molar-refractivity contribution in [2.45, 2.75) is 25.8 Å². The Bertz CT molecular complexity index is 1080. The molecule has 0 spiro atoms. The normalized spacial score (nSPS) is 19.7. The van der Waals surface area contributed by atoms with Crippen molar-refractivity contribution in [1.29, 1.82) is 5.26 Å². The van der Waals surface area contributed by atoms with E-state index in [1.165, 1.54) is 22.9 Å². The van der Waals surface area contributed by atoms with Crippen LogP contribution in [0.3, 0.4) is 0 Å². The molecule has 1 aromatic carbocycles. The molecule has 2 aromatic rings. The van der Waals surface area contributed by atoms with Crippen molar-refractivity contribution in [2.75, 3.05) is 36.2 Å². The minimum absolute atomic E-state index is 0.136. The molecule has 2 amide bonds. The molecule has 0 radical (unpaired) electrons. The monoisotopic (exact) mass is 459 g/mol. The molecule has 0 aliphatic carbocycles. The molecule has 1 aromatic heterocycles. The predicted molar refractivity (Wildman–Crippen MR) is 119 cm³/mol. The van der Waals surface area contributed by atoms with Crippen molar-refractivity contribution in [1.82, 2.24) is 15.2 Å². The molecule has 0 saturated carbocycles. The Hall–Kier alpha value is -2.93. The van der Waals surface area contributed by atoms with E-state index in [9.17, 15) is 18.4 Å². The van der Waals surface area contributed by atoms with Crippen LogP contribution in [0.4, 0.5) is 14.5 Å². The number of anilines is 1. The van der Waals surface area contributed by atoms with Gasteiger partial charge in [-0.2, -0.15) is 5.26 Å². The second-order valence-corrected chi connectivity index (χ2v) is 9.51. The molecule has 1 N–H and O–H groups in total. The maximum Gasteiger partial charge on any atom is 0.252 e. The topological polar surface area (TPSA) is 89.3 Å². The zero-order valence-corrected chi connectivity index (χ0v) is 18.4. The van der Waals surface area contributed by atoms with Crippen LogP contribution in [0.25, 0.3) is 10.9 Å². The Balaban J connectivity index is 1.47. The number of nitrogens with one attached hydrogen (secondary N) is 1. The van der Waals surface area contributed by atoms with Crippen molar-refractivity contribution in [3.8, 4) is 6.07 Å². The maximum absolute atomic E-state index is 12.8. The summed E-state index contributed by atoms with van der Waals surface area (Å²) in [4.78, 5) is 33.0. The minimum atomic E-state index is -2.33. The fraction of sp³-hybridized carbons (Fsp3) is 0.455. The standard InChI is InChI=1S/C22H23F2N5O2S/c1-22(7-19(23)24)11-28(12-22)14-2-3-18-17(6-14)16(4-5-26-18)21(31)27-9-20(30)29-13-32-10-15(29)8-25/h2-6,15,19H,7,9-13H2,1H3,(H,27,31)/t15-/m1/s1. The number of hydrogen-bond donors (Lipinski definition) is 1. The van der Waals surface area contributed by atoms with Crippen LogP contribution in [-0.4, -0.2) is 65.4 Å². The predicted octanol–water partition coefficient (Wildman–Crippen LogP) is 2.87. The van der Waals surface area contributed by atoms with Gasteiger partial charge in [-0.15, -0.1) is 11.8 Å². The van der Waals surface area contributed by atoms with Crippen LogP contribution in [-0.2, 0) is 4.79 Å². The number of benzene rings is 1. The SMILES string of the molecule is CC1(CC(F)F)CN(c2ccc3nccc(C(=O)NCC(=O)N4CSC[C@H]4C#N)c3c2)C1. The molecule has 2 fully saturated rings. The van der Waals surface area contributed by atoms with Gasteiger partial charge in [-0.3, -0.25) is 14.6 Å². The number of carbonyl (C=O) groups is 2. The Morgan fingerprint density at radius 3 is 2.88 bits per heavy atom. The highest BCUT2D eigenvalue weighted by Gasteiger charge is 2.41. The first-order valence-corrected chi connectivity index (χ1v) is 11.4. The van der Waals surface area contributed by atoms with Crippen LogP contribution >= 0.6 is 11.8 Å². The fourth-order valence-corrected chi connectivity index (χ4v) is 5.34. The summed E-state index contributed by atoms with van der Waals surface area (Å²) in [5.41, 5.74) is 1.43. The van der Waals surface area contributed by atoms with Gasteiger partial charge in [0.2, 0.25) is 12.3 Å². The summed E-state index contributed by atoms with van der Waals surface area (Å²) in [6.45, 7) is 2.70. The summed E-state index contributed by atoms with van der Waals surface area (Å²) >= 11 is 1.51. The lowest BCUT2D eigenvalue weighted by Crippen LogP contribution is -2.55. The zero-order chi connectivity index (χ0) is 22.9. The van der Waals surface area contributed by atoms with Gasteiger partial charge in [0.15, 0.2) is 0 Å². The number of rotatable bonds is 6. The van der Waals surface area contributed by atoms with E-state index >= 15 is 0 Å². The molecule has 168 valence electrons. The highest BCUT2D eigenvalue weighted by molar-refractivity contribution is 7.99. The molecule has 2 aliphatic heterocycles. The second-order valence-electron chi connectivity index (χ2n) is 8.51. The summed E-state index contributed by atoms with van der Waals surface area (Å²) in [6, 6.07) is 8.73. The van der Waals surface area contributed by atoms with Gasteiger partial charge >= 0.3 is 0 Å². The van der Waals surface area contributed by atoms with Crippen LogP contribution in [0.2, 0.25) is 0 Å². The minimum Gasteiger partial charge on any atom is -0.370 e. The van der Waals surface area contributed by atoms with E-state index in [1.54, 1.807) is 12.1 Å². The van der Waals surface area contributed by atoms with Gasteiger partial charge in [0.25, 0.3) is 5.91 Å². The average Bonchev–Trinajstić information content (AvgIpc) is 3.23. The third-order valence-electron chi connectivity index (χ3n) is 5.88. The third kappa shape index (κ3) is 4.48. The molecule has 7 nitrogen and oxygen atoms in total. The van der Waals surface area contributed by atoms with Crippen molar-refractivity contribution in [3.05, 3.63) is 36.0 Å². The molecule has 2 saturated heterocycles. The van der Waals surface area contributed by atoms with Crippen LogP contribution in [0.5, 0.6) is 0 Å². The van der Waals surface area contributed by atoms with Gasteiger partial charge in [0, 0.05) is 47.9 Å². The summed E-state index contributed by atoms with van der Waals surface area (Å²) < 4.78 is 25.6. The number of thioether (sulfide) groups is 1. The number of pyridine rings is 1. The van der Waals surface area contributed by atoms with E-state index in [4.69, 9.17) is 5.26 Å². The van der Waals surface area contributed by atoms with Crippen LogP contribution in [0.1, 0.15) is 23.7 Å². The van der Waals surface area contributed by atoms with Gasteiger partial charge in [-0.25, -0.2) is 8.78 Å². The summed E-state index contributed by atoms with van der Waals surface area (Å²) in [5, 5.41) is 12.4. The van der Waals surface area contributed by atoms with Crippen molar-refractivity contribution in [2.24, 2.45) is 5.41 Å². The van der Waals surface area contributed by atoms with E-state index in [2.05, 4.69) is 16.4 Å². The molecule has 0 bridgehead atoms. The Kier molecular flexibility index (Phi) is 6.20. The second kappa shape index (κ2) is 8.90. The maximum atomic E-state index is 12.8. The first kappa shape index (κ1) is 22.3. The van der Waals surface area contributed by atoms with Gasteiger partial charge in [0.05, 0.1) is 29.6 Å². The van der Waals surface area contributed by atoms with E-state index in [0.29, 0.717) is 41.2 Å². The van der Waals surface area contributed by atoms with Crippen LogP contribution < -0.4 is 10.2 Å². The third-order valence-corrected chi connectivity index (χ3v) is 6.89. The van der Waals surface area contributed by atoms with E-state index in [1.807, 2.05) is 24.0 Å². The molecule has 10 heteroatoms. The number of hydrogen-bond acceptors (Lipinski definition) is 6. The van der Waals surface area contributed by atoms with E-state index in [-0.39, 0.29) is 18.9 Å². The van der Waals surface area contributed by atoms with Crippen LogP contribution in [0, 0.1) is 16.7 Å². The number of fused-ring (bicyclic) bond motifs is 1. The zero-order valence-electron chi connectivity index (χ0n) is 17.6. The number of aromatic nitrogens is 1. The largest absolute Gasteiger partial charge is 0.370 e. The van der Waals surface area contributed by atoms with Crippen molar-refractivity contribution >= 4 is 40.2 Å². The molecule has 3 heterocycles. The van der Waals surface area contributed by atoms with Gasteiger partial charge in [-0.05, 0) is 24.3 Å². The lowest BCUT2D eigenvalue weighted by atomic mass is 9.78. The number of amides is 2. The molecule has 2 aliphatic rings. The van der Waals surface area contributed by atoms with Gasteiger partial charge in [-0.1, -0.05) is 6.92 Å². The number of halogens is 2. The molecular formula is C22H23F2N5O2S. The smallest absolute Gasteiger partial charge is 0.252 e. The number of nitrogens with zero attached hydrogens (tertiary/aromatic N) is 4. The van der Waals surface area contributed by atoms with Gasteiger partial charge in [0.1, 0.15) is 6.04 Å². The summed E-state index contributed by atoms with van der Waals surface area (Å²) in [5.74, 6) is 0.303. The molecule has 32 heavy (non-hydrogen) atoms. The summed E-state index contributed by atoms with van der Waals surface area (Å²) in [7, 11) is 0. The fourth-order valence-electron chi connectivity index (χ4n) is 4.24. The van der Waals surface area contributed by atoms with Crippen molar-refractivity contribution in [3.63, 3.8) is 0 Å². The first-order chi connectivity index (χ1) is 15.3. The van der Waals surface area contributed by atoms with E-state index < -0.39 is 23.8 Å². The highest BCUT2D eigenvalue weighted by atomic mass is 32.2. The molecular weight excluding hydrogens is 436 g/mol. The number of alkyl halides is 2. The quantitative estimate of drug-likeness (QED) is 0.715. The van der Waals surface area contributed by atoms with Crippen molar-refractivity contribution < 1.29 is 18.4 Å². The Morgan fingerprint density at radius 1 is 1.38 bits per heavy atom. The molecule has 0 unspecified atom stereocenters. The number of nitriles is 1. The number of carbonyl (C=O) groups excluding carboxylic acids is 2. The summed E-state index contributed by atoms with van der Waals surface area (Å²) in [6.07, 6.45) is -0.934.